The molecule has 0 saturated heterocycles. The third-order valence-corrected chi connectivity index (χ3v) is 10.3. The third-order valence-electron chi connectivity index (χ3n) is 9.35. The van der Waals surface area contributed by atoms with Crippen LogP contribution in [0.25, 0.3) is 33.9 Å². The Balaban J connectivity index is 1.39. The lowest BCUT2D eigenvalue weighted by molar-refractivity contribution is 0.0473. The van der Waals surface area contributed by atoms with Crippen LogP contribution in [0.2, 0.25) is 0 Å². The molecule has 0 N–H and O–H groups in total. The molecule has 0 fully saturated rings. The maximum Gasteiger partial charge on any atom is 0.340 e. The van der Waals surface area contributed by atoms with Gasteiger partial charge in [-0.15, -0.1) is 0 Å². The zero-order valence-electron chi connectivity index (χ0n) is 28.1. The largest absolute Gasteiger partial charge is 0.457 e. The van der Waals surface area contributed by atoms with Crippen molar-refractivity contribution in [3.8, 4) is 33.9 Å². The van der Waals surface area contributed by atoms with Gasteiger partial charge in [0.1, 0.15) is 6.61 Å². The van der Waals surface area contributed by atoms with Gasteiger partial charge in [-0.05, 0) is 74.7 Å². The lowest BCUT2D eigenvalue weighted by Crippen LogP contribution is -2.22. The highest BCUT2D eigenvalue weighted by Crippen LogP contribution is 2.52. The molecule has 7 heteroatoms. The first-order valence-electron chi connectivity index (χ1n) is 16.8. The molecule has 8 rings (SSSR count). The van der Waals surface area contributed by atoms with Gasteiger partial charge < -0.3 is 4.74 Å². The molecule has 6 nitrogen and oxygen atoms in total. The second-order valence-corrected chi connectivity index (χ2v) is 14.1. The number of ether oxygens (including phenoxy) is 1. The van der Waals surface area contributed by atoms with Gasteiger partial charge in [-0.3, -0.25) is 4.90 Å². The van der Waals surface area contributed by atoms with Crippen molar-refractivity contribution in [2.75, 3.05) is 4.90 Å². The number of para-hydroxylation sites is 1. The van der Waals surface area contributed by atoms with Gasteiger partial charge in [-0.1, -0.05) is 141 Å². The van der Waals surface area contributed by atoms with Gasteiger partial charge in [0.25, 0.3) is 0 Å². The van der Waals surface area contributed by atoms with E-state index in [1.165, 1.54) is 5.56 Å². The highest BCUT2D eigenvalue weighted by Gasteiger charge is 2.38. The van der Waals surface area contributed by atoms with E-state index in [4.69, 9.17) is 19.7 Å². The van der Waals surface area contributed by atoms with Gasteiger partial charge in [0, 0.05) is 20.1 Å². The minimum absolute atomic E-state index is 0.142. The average molecular weight is 777 g/mol. The number of fused-ring (bicyclic) bond motifs is 3. The molecule has 248 valence electrons. The summed E-state index contributed by atoms with van der Waals surface area (Å²) >= 11 is 2.34. The van der Waals surface area contributed by atoms with Gasteiger partial charge in [0.2, 0.25) is 5.95 Å². The molecule has 7 aromatic rings. The molecule has 0 spiro atoms. The molecule has 0 saturated carbocycles. The Kier molecular flexibility index (Phi) is 8.65. The van der Waals surface area contributed by atoms with Crippen LogP contribution >= 0.6 is 22.6 Å². The highest BCUT2D eigenvalue weighted by atomic mass is 127. The third kappa shape index (κ3) is 6.18. The van der Waals surface area contributed by atoms with Crippen molar-refractivity contribution in [1.82, 2.24) is 15.0 Å². The maximum atomic E-state index is 14.4. The summed E-state index contributed by atoms with van der Waals surface area (Å²) < 4.78 is 7.03. The predicted octanol–water partition coefficient (Wildman–Crippen LogP) is 10.9. The fourth-order valence-electron chi connectivity index (χ4n) is 6.76. The number of aromatic nitrogens is 3. The average Bonchev–Trinajstić information content (AvgIpc) is 3.40. The van der Waals surface area contributed by atoms with Crippen LogP contribution in [-0.2, 0) is 16.8 Å². The molecular formula is C44H33IN4O2. The molecule has 0 aliphatic heterocycles. The first-order valence-corrected chi connectivity index (χ1v) is 17.9. The Bertz CT molecular complexity index is 2320. The number of anilines is 3. The molecule has 1 heterocycles. The summed E-state index contributed by atoms with van der Waals surface area (Å²) in [7, 11) is 0. The van der Waals surface area contributed by atoms with Crippen LogP contribution in [0.3, 0.4) is 0 Å². The molecule has 0 bridgehead atoms. The second-order valence-electron chi connectivity index (χ2n) is 12.9. The van der Waals surface area contributed by atoms with Crippen molar-refractivity contribution < 1.29 is 9.53 Å². The van der Waals surface area contributed by atoms with E-state index >= 15 is 0 Å². The zero-order chi connectivity index (χ0) is 35.0. The van der Waals surface area contributed by atoms with Crippen LogP contribution < -0.4 is 4.90 Å². The summed E-state index contributed by atoms with van der Waals surface area (Å²) in [6, 6.07) is 50.1. The zero-order valence-corrected chi connectivity index (χ0v) is 30.3. The summed E-state index contributed by atoms with van der Waals surface area (Å²) in [5, 5.41) is 0. The van der Waals surface area contributed by atoms with Crippen molar-refractivity contribution in [3.05, 3.63) is 177 Å². The molecule has 0 amide bonds. The SMILES string of the molecule is CC1(C)c2ccccc2-c2cc(C(=O)OCc3ccccc3)c(N(c3nc(-c4ccccc4)nc(-c4ccccc4)n3)c3ccccc3I)cc21. The van der Waals surface area contributed by atoms with Crippen LogP contribution in [0.15, 0.2) is 152 Å². The van der Waals surface area contributed by atoms with Crippen molar-refractivity contribution in [2.24, 2.45) is 0 Å². The van der Waals surface area contributed by atoms with E-state index in [-0.39, 0.29) is 12.0 Å². The topological polar surface area (TPSA) is 68.2 Å². The number of benzene rings is 6. The number of carbonyl (C=O) groups excluding carboxylic acids is 1. The lowest BCUT2D eigenvalue weighted by Gasteiger charge is -2.29. The van der Waals surface area contributed by atoms with Crippen molar-refractivity contribution >= 4 is 45.9 Å². The predicted molar refractivity (Wildman–Crippen MR) is 211 cm³/mol. The quantitative estimate of drug-likeness (QED) is 0.113. The standard InChI is InChI=1S/C44H33IN4O2/c1-44(2)35-23-13-12-22-32(35)33-26-34(42(50)51-28-29-16-6-3-7-17-29)39(27-36(33)44)49(38-25-15-14-24-37(38)45)43-47-40(30-18-8-4-9-19-30)46-41(48-43)31-20-10-5-11-21-31/h3-27H,28H2,1-2H3. The van der Waals surface area contributed by atoms with Crippen molar-refractivity contribution in [1.29, 1.82) is 0 Å². The summed E-state index contributed by atoms with van der Waals surface area (Å²) in [5.74, 6) is 1.00. The van der Waals surface area contributed by atoms with Crippen LogP contribution in [0.4, 0.5) is 17.3 Å². The van der Waals surface area contributed by atoms with Crippen LogP contribution in [0.1, 0.15) is 40.9 Å². The number of halogens is 1. The highest BCUT2D eigenvalue weighted by molar-refractivity contribution is 14.1. The monoisotopic (exact) mass is 776 g/mol. The van der Waals surface area contributed by atoms with Crippen LogP contribution in [0.5, 0.6) is 0 Å². The molecule has 6 aromatic carbocycles. The lowest BCUT2D eigenvalue weighted by atomic mass is 9.82. The maximum absolute atomic E-state index is 14.4. The molecule has 1 aromatic heterocycles. The summed E-state index contributed by atoms with van der Waals surface area (Å²) in [6.45, 7) is 4.61. The molecule has 1 aliphatic carbocycles. The molecule has 1 aliphatic rings. The number of esters is 1. The minimum Gasteiger partial charge on any atom is -0.457 e. The number of rotatable bonds is 8. The molecule has 0 atom stereocenters. The Labute approximate surface area is 311 Å². The van der Waals surface area contributed by atoms with Crippen LogP contribution in [-0.4, -0.2) is 20.9 Å². The van der Waals surface area contributed by atoms with E-state index in [0.29, 0.717) is 28.8 Å². The summed E-state index contributed by atoms with van der Waals surface area (Å²) in [6.07, 6.45) is 0. The van der Waals surface area contributed by atoms with Gasteiger partial charge in [0.15, 0.2) is 11.6 Å². The van der Waals surface area contributed by atoms with Crippen molar-refractivity contribution in [3.63, 3.8) is 0 Å². The van der Waals surface area contributed by atoms with Crippen LogP contribution in [0, 0.1) is 3.57 Å². The Morgan fingerprint density at radius 3 is 1.84 bits per heavy atom. The molecular weight excluding hydrogens is 743 g/mol. The fraction of sp³-hybridized carbons (Fsp3) is 0.0909. The van der Waals surface area contributed by atoms with Gasteiger partial charge in [-0.2, -0.15) is 9.97 Å². The Morgan fingerprint density at radius 2 is 1.20 bits per heavy atom. The Morgan fingerprint density at radius 1 is 0.627 bits per heavy atom. The summed E-state index contributed by atoms with van der Waals surface area (Å²) in [5.41, 5.74) is 8.60. The minimum atomic E-state index is -0.435. The van der Waals surface area contributed by atoms with Gasteiger partial charge >= 0.3 is 5.97 Å². The van der Waals surface area contributed by atoms with E-state index in [9.17, 15) is 4.79 Å². The number of hydrogen-bond acceptors (Lipinski definition) is 6. The fourth-order valence-corrected chi connectivity index (χ4v) is 7.39. The van der Waals surface area contributed by atoms with E-state index in [1.807, 2.05) is 132 Å². The van der Waals surface area contributed by atoms with E-state index in [1.54, 1.807) is 0 Å². The first-order chi connectivity index (χ1) is 24.9. The summed E-state index contributed by atoms with van der Waals surface area (Å²) in [4.78, 5) is 31.6. The van der Waals surface area contributed by atoms with Crippen molar-refractivity contribution in [2.45, 2.75) is 25.9 Å². The second kappa shape index (κ2) is 13.6. The van der Waals surface area contributed by atoms with Gasteiger partial charge in [0.05, 0.1) is 16.9 Å². The molecule has 51 heavy (non-hydrogen) atoms. The first kappa shape index (κ1) is 32.5. The normalized spacial score (nSPS) is 12.5. The van der Waals surface area contributed by atoms with Gasteiger partial charge in [-0.25, -0.2) is 9.78 Å². The van der Waals surface area contributed by atoms with E-state index < -0.39 is 5.97 Å². The molecule has 0 radical (unpaired) electrons. The Hall–Kier alpha value is -5.67. The smallest absolute Gasteiger partial charge is 0.340 e. The number of carbonyl (C=O) groups is 1. The number of nitrogens with zero attached hydrogens (tertiary/aromatic N) is 4. The molecule has 0 unspecified atom stereocenters. The van der Waals surface area contributed by atoms with E-state index in [2.05, 4.69) is 60.7 Å². The van der Waals surface area contributed by atoms with E-state index in [0.717, 1.165) is 42.6 Å². The number of hydrogen-bond donors (Lipinski definition) is 0.